The van der Waals surface area contributed by atoms with Gasteiger partial charge < -0.3 is 12.8 Å². The predicted octanol–water partition coefficient (Wildman–Crippen LogP) is 2.34. The second kappa shape index (κ2) is 47.7. The molecule has 0 aliphatic rings. The number of hydrogen-bond acceptors (Lipinski definition) is 1. The van der Waals surface area contributed by atoms with Crippen LogP contribution in [0.25, 0.3) is 0 Å². The average Bonchev–Trinajstić information content (AvgIpc) is 1.75. The molecule has 0 unspecified atom stereocenters. The van der Waals surface area contributed by atoms with E-state index in [1.165, 1.54) is 0 Å². The predicted molar refractivity (Wildman–Crippen MR) is 32.0 cm³/mol. The van der Waals surface area contributed by atoms with Crippen LogP contribution in [0.4, 0.5) is 0 Å². The topological polar surface area (TPSA) is 17.1 Å². The van der Waals surface area contributed by atoms with Crippen molar-refractivity contribution in [1.29, 1.82) is 0 Å². The maximum absolute atomic E-state index is 8.34. The molecule has 0 rings (SSSR count). The molecule has 0 aromatic heterocycles. The molecule has 0 N–H and O–H groups in total. The van der Waals surface area contributed by atoms with Gasteiger partial charge in [0.15, 0.2) is 0 Å². The molecule has 0 radical (unpaired) electrons. The number of rotatable bonds is 0. The van der Waals surface area contributed by atoms with E-state index in [1.54, 1.807) is 0 Å². The second-order valence-corrected chi connectivity index (χ2v) is 1.15. The SMILES string of the molecule is C[CH-]C.C[CH-]C.[O]=[Zr+2]. The Morgan fingerprint density at radius 3 is 0.875 bits per heavy atom. The van der Waals surface area contributed by atoms with E-state index >= 15 is 0 Å². The van der Waals surface area contributed by atoms with Gasteiger partial charge in [0.2, 0.25) is 0 Å². The molecule has 8 heavy (non-hydrogen) atoms. The van der Waals surface area contributed by atoms with E-state index in [9.17, 15) is 0 Å². The Hall–Kier alpha value is 0.683. The normalized spacial score (nSPS) is 5.25. The van der Waals surface area contributed by atoms with Gasteiger partial charge in [-0.1, -0.05) is 0 Å². The van der Waals surface area contributed by atoms with Crippen molar-refractivity contribution in [2.45, 2.75) is 27.7 Å². The average molecular weight is 193 g/mol. The third kappa shape index (κ3) is 463. The van der Waals surface area contributed by atoms with Gasteiger partial charge in [-0.05, 0) is 0 Å². The molecule has 0 fully saturated rings. The van der Waals surface area contributed by atoms with Crippen LogP contribution >= 0.6 is 0 Å². The molecule has 0 spiro atoms. The molecule has 0 atom stereocenters. The van der Waals surface area contributed by atoms with Gasteiger partial charge in [0.1, 0.15) is 0 Å². The number of hydrogen-bond donors (Lipinski definition) is 0. The van der Waals surface area contributed by atoms with Crippen molar-refractivity contribution >= 4 is 0 Å². The summed E-state index contributed by atoms with van der Waals surface area (Å²) in [5, 5.41) is 0. The summed E-state index contributed by atoms with van der Waals surface area (Å²) in [5.41, 5.74) is 0. The quantitative estimate of drug-likeness (QED) is 0.540. The molecular weight excluding hydrogens is 179 g/mol. The summed E-state index contributed by atoms with van der Waals surface area (Å²) < 4.78 is 8.34. The maximum atomic E-state index is 8.34. The molecule has 0 aliphatic heterocycles. The Labute approximate surface area is 68.2 Å². The summed E-state index contributed by atoms with van der Waals surface area (Å²) in [6, 6.07) is 0. The van der Waals surface area contributed by atoms with E-state index < -0.39 is 0 Å². The summed E-state index contributed by atoms with van der Waals surface area (Å²) >= 11 is 0.300. The molecule has 0 bridgehead atoms. The van der Waals surface area contributed by atoms with Gasteiger partial charge in [0, 0.05) is 0 Å². The monoisotopic (exact) mass is 192 g/mol. The fraction of sp³-hybridized carbons (Fsp3) is 0.667. The fourth-order valence-corrected chi connectivity index (χ4v) is 0. The Morgan fingerprint density at radius 1 is 0.875 bits per heavy atom. The van der Waals surface area contributed by atoms with Crippen LogP contribution in [0, 0.1) is 12.8 Å². The molecule has 0 heterocycles. The Morgan fingerprint density at radius 2 is 0.875 bits per heavy atom. The Balaban J connectivity index is -0.0000000483. The van der Waals surface area contributed by atoms with E-state index in [-0.39, 0.29) is 0 Å². The van der Waals surface area contributed by atoms with E-state index in [2.05, 4.69) is 0 Å². The molecule has 2 heteroatoms. The van der Waals surface area contributed by atoms with E-state index in [4.69, 9.17) is 2.81 Å². The molecule has 0 amide bonds. The van der Waals surface area contributed by atoms with E-state index in [1.807, 2.05) is 40.5 Å². The van der Waals surface area contributed by atoms with Gasteiger partial charge in [0.25, 0.3) is 0 Å². The van der Waals surface area contributed by atoms with Crippen LogP contribution in [-0.4, -0.2) is 0 Å². The molecule has 0 aromatic carbocycles. The fourth-order valence-electron chi connectivity index (χ4n) is 0. The zero-order chi connectivity index (χ0) is 7.41. The standard InChI is InChI=1S/2C3H7.O.Zr/c2*1-3-2;;/h2*3H,1-2H3;;/q2*-1;;+2. The van der Waals surface area contributed by atoms with Gasteiger partial charge in [-0.3, -0.25) is 0 Å². The van der Waals surface area contributed by atoms with E-state index in [0.717, 1.165) is 0 Å². The van der Waals surface area contributed by atoms with Crippen LogP contribution < -0.4 is 0 Å². The minimum absolute atomic E-state index is 0.300. The molecule has 0 aromatic rings. The first kappa shape index (κ1) is 15.9. The summed E-state index contributed by atoms with van der Waals surface area (Å²) in [6.45, 7) is 8.00. The molecule has 0 aliphatic carbocycles. The van der Waals surface area contributed by atoms with Crippen molar-refractivity contribution in [3.63, 3.8) is 0 Å². The van der Waals surface area contributed by atoms with Crippen LogP contribution in [0.3, 0.4) is 0 Å². The summed E-state index contributed by atoms with van der Waals surface area (Å²) in [5.74, 6) is 0. The molecular formula is C6H14OZr. The van der Waals surface area contributed by atoms with Crippen LogP contribution in [-0.2, 0) is 27.5 Å². The van der Waals surface area contributed by atoms with Crippen molar-refractivity contribution in [1.82, 2.24) is 0 Å². The van der Waals surface area contributed by atoms with E-state index in [0.29, 0.717) is 24.7 Å². The van der Waals surface area contributed by atoms with Gasteiger partial charge in [-0.15, -0.1) is 0 Å². The van der Waals surface area contributed by atoms with Crippen molar-refractivity contribution in [3.05, 3.63) is 12.8 Å². The summed E-state index contributed by atoms with van der Waals surface area (Å²) in [4.78, 5) is 0. The van der Waals surface area contributed by atoms with Crippen LogP contribution in [0.1, 0.15) is 27.7 Å². The molecule has 0 saturated heterocycles. The second-order valence-electron chi connectivity index (χ2n) is 1.15. The zero-order valence-corrected chi connectivity index (χ0v) is 8.52. The van der Waals surface area contributed by atoms with Gasteiger partial charge in [0.05, 0.1) is 0 Å². The first-order chi connectivity index (χ1) is 3.83. The first-order valence-electron chi connectivity index (χ1n) is 2.51. The van der Waals surface area contributed by atoms with Crippen LogP contribution in [0.2, 0.25) is 0 Å². The van der Waals surface area contributed by atoms with Crippen molar-refractivity contribution in [2.24, 2.45) is 0 Å². The van der Waals surface area contributed by atoms with Gasteiger partial charge in [-0.2, -0.15) is 27.7 Å². The summed E-state index contributed by atoms with van der Waals surface area (Å²) in [6.07, 6.45) is 4.00. The van der Waals surface area contributed by atoms with Crippen molar-refractivity contribution in [3.8, 4) is 0 Å². The third-order valence-electron chi connectivity index (χ3n) is 0. The van der Waals surface area contributed by atoms with Crippen molar-refractivity contribution in [2.75, 3.05) is 0 Å². The van der Waals surface area contributed by atoms with Gasteiger partial charge in [-0.25, -0.2) is 0 Å². The Kier molecular flexibility index (Phi) is 94.6. The van der Waals surface area contributed by atoms with Crippen LogP contribution in [0.15, 0.2) is 0 Å². The molecule has 1 nitrogen and oxygen atoms in total. The van der Waals surface area contributed by atoms with Crippen molar-refractivity contribution < 1.29 is 27.5 Å². The molecule has 48 valence electrons. The molecule has 0 saturated carbocycles. The first-order valence-corrected chi connectivity index (χ1v) is 3.52. The van der Waals surface area contributed by atoms with Gasteiger partial charge >= 0.3 is 27.5 Å². The summed E-state index contributed by atoms with van der Waals surface area (Å²) in [7, 11) is 0. The Bertz CT molecular complexity index is 16.0. The zero-order valence-electron chi connectivity index (χ0n) is 6.06. The third-order valence-corrected chi connectivity index (χ3v) is 0. The minimum atomic E-state index is 0.300. The van der Waals surface area contributed by atoms with Crippen LogP contribution in [0.5, 0.6) is 0 Å².